The highest BCUT2D eigenvalue weighted by molar-refractivity contribution is 5.59. The lowest BCUT2D eigenvalue weighted by atomic mass is 10.0. The van der Waals surface area contributed by atoms with Gasteiger partial charge in [-0.15, -0.1) is 0 Å². The Hall–Kier alpha value is -1.26. The van der Waals surface area contributed by atoms with Gasteiger partial charge in [-0.3, -0.25) is 4.90 Å². The van der Waals surface area contributed by atoms with Crippen molar-refractivity contribution in [1.82, 2.24) is 4.90 Å². The van der Waals surface area contributed by atoms with E-state index in [4.69, 9.17) is 10.5 Å². The third-order valence-corrected chi connectivity index (χ3v) is 4.09. The number of hydrogen-bond donors (Lipinski definition) is 1. The van der Waals surface area contributed by atoms with E-state index in [0.717, 1.165) is 45.0 Å². The van der Waals surface area contributed by atoms with Gasteiger partial charge in [0.2, 0.25) is 0 Å². The fourth-order valence-corrected chi connectivity index (χ4v) is 3.00. The summed E-state index contributed by atoms with van der Waals surface area (Å²) in [7, 11) is 0. The number of hydrogen-bond acceptors (Lipinski definition) is 4. The number of ether oxygens (including phenoxy) is 1. The van der Waals surface area contributed by atoms with Crippen molar-refractivity contribution in [3.05, 3.63) is 23.8 Å². The third-order valence-electron chi connectivity index (χ3n) is 4.09. The molecule has 0 radical (unpaired) electrons. The molecule has 104 valence electrons. The number of anilines is 2. The number of benzene rings is 1. The van der Waals surface area contributed by atoms with E-state index in [9.17, 15) is 0 Å². The van der Waals surface area contributed by atoms with Gasteiger partial charge in [-0.1, -0.05) is 0 Å². The van der Waals surface area contributed by atoms with Crippen molar-refractivity contribution in [2.24, 2.45) is 0 Å². The second kappa shape index (κ2) is 5.39. The molecule has 1 aromatic carbocycles. The molecule has 2 heterocycles. The lowest BCUT2D eigenvalue weighted by Crippen LogP contribution is -2.60. The number of nitrogens with two attached hydrogens (primary N) is 1. The normalized spacial score (nSPS) is 22.1. The molecule has 0 aliphatic carbocycles. The summed E-state index contributed by atoms with van der Waals surface area (Å²) in [6, 6.07) is 7.00. The smallest absolute Gasteiger partial charge is 0.0593 e. The molecule has 1 aromatic rings. The molecule has 0 unspecified atom stereocenters. The van der Waals surface area contributed by atoms with Gasteiger partial charge in [0.15, 0.2) is 0 Å². The highest BCUT2D eigenvalue weighted by Gasteiger charge is 2.32. The van der Waals surface area contributed by atoms with Crippen LogP contribution in [0.5, 0.6) is 0 Å². The summed E-state index contributed by atoms with van der Waals surface area (Å²) in [5.41, 5.74) is 9.28. The molecule has 0 atom stereocenters. The summed E-state index contributed by atoms with van der Waals surface area (Å²) in [5, 5.41) is 0. The Morgan fingerprint density at radius 1 is 1.16 bits per heavy atom. The van der Waals surface area contributed by atoms with Gasteiger partial charge in [0.05, 0.1) is 6.61 Å². The molecule has 19 heavy (non-hydrogen) atoms. The number of aryl methyl sites for hydroxylation is 1. The first-order valence-corrected chi connectivity index (χ1v) is 7.16. The second-order valence-corrected chi connectivity index (χ2v) is 5.66. The van der Waals surface area contributed by atoms with E-state index in [0.29, 0.717) is 6.04 Å². The maximum Gasteiger partial charge on any atom is 0.0593 e. The Bertz CT molecular complexity index is 415. The monoisotopic (exact) mass is 261 g/mol. The predicted octanol–water partition coefficient (Wildman–Crippen LogP) is 1.49. The van der Waals surface area contributed by atoms with E-state index >= 15 is 0 Å². The molecule has 0 aromatic heterocycles. The molecule has 2 aliphatic rings. The summed E-state index contributed by atoms with van der Waals surface area (Å²) in [4.78, 5) is 4.99. The van der Waals surface area contributed by atoms with Crippen molar-refractivity contribution in [3.8, 4) is 0 Å². The van der Waals surface area contributed by atoms with E-state index in [2.05, 4.69) is 28.9 Å². The van der Waals surface area contributed by atoms with Crippen molar-refractivity contribution >= 4 is 11.4 Å². The van der Waals surface area contributed by atoms with Crippen molar-refractivity contribution < 1.29 is 4.74 Å². The van der Waals surface area contributed by atoms with Crippen LogP contribution in [0.1, 0.15) is 12.0 Å². The Morgan fingerprint density at radius 2 is 2.00 bits per heavy atom. The summed E-state index contributed by atoms with van der Waals surface area (Å²) in [6.07, 6.45) is 1.16. The Balaban J connectivity index is 1.59. The molecule has 4 heteroatoms. The lowest BCUT2D eigenvalue weighted by molar-refractivity contribution is 0.124. The van der Waals surface area contributed by atoms with Gasteiger partial charge in [-0.05, 0) is 37.1 Å². The van der Waals surface area contributed by atoms with Crippen LogP contribution >= 0.6 is 0 Å². The quantitative estimate of drug-likeness (QED) is 0.819. The summed E-state index contributed by atoms with van der Waals surface area (Å²) < 4.78 is 5.51. The topological polar surface area (TPSA) is 41.7 Å². The molecule has 4 nitrogen and oxygen atoms in total. The molecule has 0 bridgehead atoms. The zero-order valence-electron chi connectivity index (χ0n) is 11.6. The van der Waals surface area contributed by atoms with Gasteiger partial charge < -0.3 is 15.4 Å². The lowest BCUT2D eigenvalue weighted by Gasteiger charge is -2.46. The van der Waals surface area contributed by atoms with Crippen LogP contribution < -0.4 is 10.6 Å². The molecular weight excluding hydrogens is 238 g/mol. The second-order valence-electron chi connectivity index (χ2n) is 5.66. The van der Waals surface area contributed by atoms with Gasteiger partial charge in [-0.25, -0.2) is 0 Å². The molecule has 2 fully saturated rings. The summed E-state index contributed by atoms with van der Waals surface area (Å²) in [6.45, 7) is 8.38. The van der Waals surface area contributed by atoms with Gasteiger partial charge in [-0.2, -0.15) is 0 Å². The van der Waals surface area contributed by atoms with Crippen LogP contribution in [0, 0.1) is 6.92 Å². The van der Waals surface area contributed by atoms with Crippen LogP contribution in [0.4, 0.5) is 11.4 Å². The average Bonchev–Trinajstić information content (AvgIpc) is 2.54. The highest BCUT2D eigenvalue weighted by atomic mass is 16.5. The zero-order valence-corrected chi connectivity index (χ0v) is 11.6. The van der Waals surface area contributed by atoms with Crippen molar-refractivity contribution in [2.75, 3.05) is 50.0 Å². The predicted molar refractivity (Wildman–Crippen MR) is 78.6 cm³/mol. The fraction of sp³-hybridized carbons (Fsp3) is 0.600. The maximum absolute atomic E-state index is 5.92. The van der Waals surface area contributed by atoms with Crippen LogP contribution in [0.15, 0.2) is 18.2 Å². The number of nitrogens with zero attached hydrogens (tertiary/aromatic N) is 2. The molecule has 2 saturated heterocycles. The van der Waals surface area contributed by atoms with Gasteiger partial charge in [0, 0.05) is 50.2 Å². The van der Waals surface area contributed by atoms with E-state index in [-0.39, 0.29) is 0 Å². The molecular formula is C15H23N3O. The zero-order chi connectivity index (χ0) is 13.2. The first-order chi connectivity index (χ1) is 9.22. The number of rotatable bonds is 2. The standard InChI is InChI=1S/C15H23N3O/c1-12-7-13(16)9-14(8-12)18-10-15(11-18)17-3-2-5-19-6-4-17/h7-9,15H,2-6,10-11,16H2,1H3. The van der Waals surface area contributed by atoms with Gasteiger partial charge in [0.1, 0.15) is 0 Å². The van der Waals surface area contributed by atoms with Crippen LogP contribution in [0.3, 0.4) is 0 Å². The van der Waals surface area contributed by atoms with Gasteiger partial charge in [0.25, 0.3) is 0 Å². The van der Waals surface area contributed by atoms with E-state index in [1.54, 1.807) is 0 Å². The SMILES string of the molecule is Cc1cc(N)cc(N2CC(N3CCCOCC3)C2)c1. The largest absolute Gasteiger partial charge is 0.399 e. The molecule has 2 N–H and O–H groups in total. The Kier molecular flexibility index (Phi) is 3.62. The fourth-order valence-electron chi connectivity index (χ4n) is 3.00. The van der Waals surface area contributed by atoms with Gasteiger partial charge >= 0.3 is 0 Å². The Morgan fingerprint density at radius 3 is 2.79 bits per heavy atom. The summed E-state index contributed by atoms with van der Waals surface area (Å²) >= 11 is 0. The van der Waals surface area contributed by atoms with Crippen LogP contribution in [0.25, 0.3) is 0 Å². The minimum atomic E-state index is 0.684. The van der Waals surface area contributed by atoms with Crippen LogP contribution in [-0.4, -0.2) is 50.3 Å². The minimum absolute atomic E-state index is 0.684. The van der Waals surface area contributed by atoms with Crippen molar-refractivity contribution in [3.63, 3.8) is 0 Å². The molecule has 2 aliphatic heterocycles. The van der Waals surface area contributed by atoms with Crippen molar-refractivity contribution in [2.45, 2.75) is 19.4 Å². The molecule has 0 amide bonds. The molecule has 0 spiro atoms. The number of nitrogen functional groups attached to an aromatic ring is 1. The first-order valence-electron chi connectivity index (χ1n) is 7.16. The maximum atomic E-state index is 5.92. The first kappa shape index (κ1) is 12.8. The molecule has 0 saturated carbocycles. The average molecular weight is 261 g/mol. The summed E-state index contributed by atoms with van der Waals surface area (Å²) in [5.74, 6) is 0. The molecule has 3 rings (SSSR count). The third kappa shape index (κ3) is 2.85. The minimum Gasteiger partial charge on any atom is -0.399 e. The van der Waals surface area contributed by atoms with E-state index in [1.165, 1.54) is 17.8 Å². The highest BCUT2D eigenvalue weighted by Crippen LogP contribution is 2.27. The van der Waals surface area contributed by atoms with Crippen molar-refractivity contribution in [1.29, 1.82) is 0 Å². The van der Waals surface area contributed by atoms with E-state index in [1.807, 2.05) is 6.07 Å². The van der Waals surface area contributed by atoms with E-state index < -0.39 is 0 Å². The van der Waals surface area contributed by atoms with Crippen LogP contribution in [-0.2, 0) is 4.74 Å². The Labute approximate surface area is 115 Å². The van der Waals surface area contributed by atoms with Crippen LogP contribution in [0.2, 0.25) is 0 Å².